The van der Waals surface area contributed by atoms with Gasteiger partial charge in [-0.1, -0.05) is 49.4 Å². The molecule has 1 aliphatic heterocycles. The number of piperidine rings is 1. The number of rotatable bonds is 6. The van der Waals surface area contributed by atoms with Gasteiger partial charge in [0.05, 0.1) is 5.92 Å². The van der Waals surface area contributed by atoms with Crippen molar-refractivity contribution in [2.45, 2.75) is 44.9 Å². The number of anilines is 1. The third-order valence-corrected chi connectivity index (χ3v) is 6.23. The van der Waals surface area contributed by atoms with Crippen molar-refractivity contribution in [2.24, 2.45) is 11.8 Å². The van der Waals surface area contributed by atoms with Crippen molar-refractivity contribution in [2.75, 3.05) is 18.4 Å². The molecule has 0 aromatic heterocycles. The Morgan fingerprint density at radius 1 is 1.00 bits per heavy atom. The molecule has 1 saturated carbocycles. The van der Waals surface area contributed by atoms with E-state index in [0.29, 0.717) is 25.4 Å². The van der Waals surface area contributed by atoms with Gasteiger partial charge in [0, 0.05) is 31.1 Å². The lowest BCUT2D eigenvalue weighted by atomic mass is 9.83. The summed E-state index contributed by atoms with van der Waals surface area (Å²) >= 11 is 0. The van der Waals surface area contributed by atoms with E-state index in [1.165, 1.54) is 24.0 Å². The second kappa shape index (κ2) is 8.81. The Labute approximate surface area is 173 Å². The van der Waals surface area contributed by atoms with Gasteiger partial charge in [0.2, 0.25) is 11.8 Å². The molecule has 2 atom stereocenters. The van der Waals surface area contributed by atoms with Crippen LogP contribution in [0.2, 0.25) is 0 Å². The molecule has 4 heteroatoms. The predicted molar refractivity (Wildman–Crippen MR) is 116 cm³/mol. The molecule has 152 valence electrons. The molecule has 4 nitrogen and oxygen atoms in total. The zero-order valence-electron chi connectivity index (χ0n) is 17.1. The minimum Gasteiger partial charge on any atom is -0.341 e. The number of hydrogen-bond donors (Lipinski definition) is 1. The number of carbonyl (C=O) groups excluding carboxylic acids is 2. The molecule has 29 heavy (non-hydrogen) atoms. The van der Waals surface area contributed by atoms with Gasteiger partial charge in [-0.2, -0.15) is 0 Å². The third kappa shape index (κ3) is 5.06. The average Bonchev–Trinajstić information content (AvgIpc) is 3.58. The summed E-state index contributed by atoms with van der Waals surface area (Å²) in [7, 11) is 0. The summed E-state index contributed by atoms with van der Waals surface area (Å²) in [5.41, 5.74) is 3.34. The van der Waals surface area contributed by atoms with Gasteiger partial charge < -0.3 is 10.2 Å². The van der Waals surface area contributed by atoms with Crippen molar-refractivity contribution >= 4 is 17.5 Å². The van der Waals surface area contributed by atoms with Crippen LogP contribution < -0.4 is 5.32 Å². The van der Waals surface area contributed by atoms with E-state index in [1.807, 2.05) is 35.2 Å². The lowest BCUT2D eigenvalue weighted by molar-refractivity contribution is -0.135. The summed E-state index contributed by atoms with van der Waals surface area (Å²) in [6, 6.07) is 18.2. The van der Waals surface area contributed by atoms with Crippen LogP contribution in [-0.2, 0) is 16.0 Å². The highest BCUT2D eigenvalue weighted by Crippen LogP contribution is 2.36. The highest BCUT2D eigenvalue weighted by molar-refractivity contribution is 5.93. The van der Waals surface area contributed by atoms with E-state index in [4.69, 9.17) is 0 Å². The lowest BCUT2D eigenvalue weighted by Gasteiger charge is -2.37. The molecule has 1 aliphatic carbocycles. The molecule has 2 unspecified atom stereocenters. The fourth-order valence-corrected chi connectivity index (χ4v) is 4.22. The number of benzene rings is 2. The number of hydrogen-bond acceptors (Lipinski definition) is 2. The van der Waals surface area contributed by atoms with E-state index in [2.05, 4.69) is 36.5 Å². The summed E-state index contributed by atoms with van der Waals surface area (Å²) in [6.07, 6.45) is 4.75. The molecule has 2 amide bonds. The molecule has 1 N–H and O–H groups in total. The van der Waals surface area contributed by atoms with Gasteiger partial charge >= 0.3 is 0 Å². The number of amides is 2. The number of nitrogens with zero attached hydrogens (tertiary/aromatic N) is 1. The summed E-state index contributed by atoms with van der Waals surface area (Å²) in [5.74, 6) is 0.783. The van der Waals surface area contributed by atoms with Gasteiger partial charge in [0.25, 0.3) is 0 Å². The number of aryl methyl sites for hydroxylation is 1. The van der Waals surface area contributed by atoms with Crippen LogP contribution in [0, 0.1) is 11.8 Å². The Morgan fingerprint density at radius 3 is 2.38 bits per heavy atom. The Balaban J connectivity index is 1.51. The Hall–Kier alpha value is -2.62. The predicted octanol–water partition coefficient (Wildman–Crippen LogP) is 4.62. The minimum absolute atomic E-state index is 0.00954. The maximum atomic E-state index is 13.0. The quantitative estimate of drug-likeness (QED) is 0.782. The van der Waals surface area contributed by atoms with E-state index in [-0.39, 0.29) is 23.7 Å². The summed E-state index contributed by atoms with van der Waals surface area (Å²) in [5, 5.41) is 3.04. The van der Waals surface area contributed by atoms with Crippen LogP contribution in [0.25, 0.3) is 0 Å². The molecule has 0 bridgehead atoms. The SMILES string of the molecule is CCc1ccc(C2CC(C(=O)Nc3ccccc3)CN(C(=O)CC3CC3)C2)cc1. The normalized spacial score (nSPS) is 21.6. The van der Waals surface area contributed by atoms with Crippen LogP contribution in [-0.4, -0.2) is 29.8 Å². The van der Waals surface area contributed by atoms with Gasteiger partial charge in [-0.15, -0.1) is 0 Å². The maximum absolute atomic E-state index is 13.0. The minimum atomic E-state index is -0.192. The highest BCUT2D eigenvalue weighted by Gasteiger charge is 2.36. The Morgan fingerprint density at radius 2 is 1.72 bits per heavy atom. The van der Waals surface area contributed by atoms with Crippen molar-refractivity contribution in [3.8, 4) is 0 Å². The van der Waals surface area contributed by atoms with E-state index in [1.54, 1.807) is 0 Å². The maximum Gasteiger partial charge on any atom is 0.229 e. The summed E-state index contributed by atoms with van der Waals surface area (Å²) in [4.78, 5) is 27.8. The van der Waals surface area contributed by atoms with Crippen molar-refractivity contribution in [3.05, 3.63) is 65.7 Å². The van der Waals surface area contributed by atoms with Gasteiger partial charge in [0.15, 0.2) is 0 Å². The molecule has 4 rings (SSSR count). The van der Waals surface area contributed by atoms with Gasteiger partial charge in [-0.05, 0) is 54.9 Å². The molecule has 2 aromatic rings. The number of para-hydroxylation sites is 1. The smallest absolute Gasteiger partial charge is 0.229 e. The second-order valence-corrected chi connectivity index (χ2v) is 8.53. The Kier molecular flexibility index (Phi) is 5.98. The van der Waals surface area contributed by atoms with Gasteiger partial charge in [0.1, 0.15) is 0 Å². The summed E-state index contributed by atoms with van der Waals surface area (Å²) in [6.45, 7) is 3.39. The highest BCUT2D eigenvalue weighted by atomic mass is 16.2. The number of likely N-dealkylation sites (tertiary alicyclic amines) is 1. The molecular weight excluding hydrogens is 360 g/mol. The van der Waals surface area contributed by atoms with Crippen molar-refractivity contribution in [1.29, 1.82) is 0 Å². The van der Waals surface area contributed by atoms with Crippen LogP contribution >= 0.6 is 0 Å². The molecule has 1 heterocycles. The zero-order chi connectivity index (χ0) is 20.2. The van der Waals surface area contributed by atoms with Crippen LogP contribution in [0.15, 0.2) is 54.6 Å². The first-order chi connectivity index (χ1) is 14.1. The fraction of sp³-hybridized carbons (Fsp3) is 0.440. The molecule has 0 spiro atoms. The molecule has 2 aromatic carbocycles. The van der Waals surface area contributed by atoms with Gasteiger partial charge in [-0.3, -0.25) is 9.59 Å². The molecule has 2 aliphatic rings. The van der Waals surface area contributed by atoms with Crippen molar-refractivity contribution in [3.63, 3.8) is 0 Å². The van der Waals surface area contributed by atoms with Gasteiger partial charge in [-0.25, -0.2) is 0 Å². The molecule has 1 saturated heterocycles. The van der Waals surface area contributed by atoms with Crippen LogP contribution in [0.5, 0.6) is 0 Å². The lowest BCUT2D eigenvalue weighted by Crippen LogP contribution is -2.46. The first-order valence-corrected chi connectivity index (χ1v) is 10.8. The van der Waals surface area contributed by atoms with E-state index >= 15 is 0 Å². The van der Waals surface area contributed by atoms with E-state index < -0.39 is 0 Å². The fourth-order valence-electron chi connectivity index (χ4n) is 4.22. The van der Waals surface area contributed by atoms with Crippen LogP contribution in [0.3, 0.4) is 0 Å². The average molecular weight is 391 g/mol. The van der Waals surface area contributed by atoms with E-state index in [9.17, 15) is 9.59 Å². The van der Waals surface area contributed by atoms with Crippen molar-refractivity contribution < 1.29 is 9.59 Å². The second-order valence-electron chi connectivity index (χ2n) is 8.53. The first kappa shape index (κ1) is 19.7. The standard InChI is InChI=1S/C25H30N2O2/c1-2-18-10-12-20(13-11-18)21-15-22(25(29)26-23-6-4-3-5-7-23)17-27(16-21)24(28)14-19-8-9-19/h3-7,10-13,19,21-22H,2,8-9,14-17H2,1H3,(H,26,29). The topological polar surface area (TPSA) is 49.4 Å². The third-order valence-electron chi connectivity index (χ3n) is 6.23. The largest absolute Gasteiger partial charge is 0.341 e. The molecule has 2 fully saturated rings. The monoisotopic (exact) mass is 390 g/mol. The Bertz CT molecular complexity index is 843. The van der Waals surface area contributed by atoms with Crippen LogP contribution in [0.4, 0.5) is 5.69 Å². The molecular formula is C25H30N2O2. The first-order valence-electron chi connectivity index (χ1n) is 10.8. The molecule has 0 radical (unpaired) electrons. The number of nitrogens with one attached hydrogen (secondary N) is 1. The number of carbonyl (C=O) groups is 2. The zero-order valence-corrected chi connectivity index (χ0v) is 17.1. The summed E-state index contributed by atoms with van der Waals surface area (Å²) < 4.78 is 0. The van der Waals surface area contributed by atoms with Crippen molar-refractivity contribution in [1.82, 2.24) is 4.90 Å². The van der Waals surface area contributed by atoms with E-state index in [0.717, 1.165) is 18.5 Å². The van der Waals surface area contributed by atoms with Crippen LogP contribution in [0.1, 0.15) is 49.7 Å².